The molecule has 0 radical (unpaired) electrons. The molecule has 4 aliphatic rings. The van der Waals surface area contributed by atoms with E-state index in [9.17, 15) is 9.59 Å². The highest BCUT2D eigenvalue weighted by molar-refractivity contribution is 7.12. The van der Waals surface area contributed by atoms with Crippen LogP contribution in [0.3, 0.4) is 0 Å². The number of rotatable bonds is 2. The molecular weight excluding hydrogens is 430 g/mol. The Morgan fingerprint density at radius 3 is 2.81 bits per heavy atom. The summed E-state index contributed by atoms with van der Waals surface area (Å²) >= 11 is 7.75. The molecule has 1 aromatic heterocycles. The molecule has 0 bridgehead atoms. The molecule has 158 valence electrons. The van der Waals surface area contributed by atoms with Crippen LogP contribution in [0.2, 0.25) is 5.02 Å². The lowest BCUT2D eigenvalue weighted by Gasteiger charge is -2.43. The van der Waals surface area contributed by atoms with Gasteiger partial charge in [0.05, 0.1) is 17.3 Å². The van der Waals surface area contributed by atoms with Crippen LogP contribution < -0.4 is 0 Å². The van der Waals surface area contributed by atoms with Crippen molar-refractivity contribution in [2.24, 2.45) is 10.9 Å². The number of amides is 2. The van der Waals surface area contributed by atoms with Crippen LogP contribution in [-0.4, -0.2) is 47.5 Å². The molecule has 3 aliphatic heterocycles. The van der Waals surface area contributed by atoms with E-state index in [1.54, 1.807) is 17.6 Å². The third kappa shape index (κ3) is 2.58. The molecule has 2 saturated heterocycles. The second-order valence-corrected chi connectivity index (χ2v) is 9.93. The van der Waals surface area contributed by atoms with Gasteiger partial charge < -0.3 is 9.80 Å². The maximum Gasteiger partial charge on any atom is 0.266 e. The van der Waals surface area contributed by atoms with Crippen molar-refractivity contribution < 1.29 is 9.59 Å². The fourth-order valence-electron chi connectivity index (χ4n) is 5.84. The molecular formula is C24H22ClN3O2S. The summed E-state index contributed by atoms with van der Waals surface area (Å²) in [6, 6.07) is 7.60. The smallest absolute Gasteiger partial charge is 0.266 e. The van der Waals surface area contributed by atoms with Gasteiger partial charge in [0, 0.05) is 29.9 Å². The number of hydrogen-bond acceptors (Lipinski definition) is 4. The van der Waals surface area contributed by atoms with E-state index < -0.39 is 5.66 Å². The van der Waals surface area contributed by atoms with Crippen molar-refractivity contribution in [1.82, 2.24) is 9.80 Å². The number of hydrogen-bond donors (Lipinski definition) is 0. The van der Waals surface area contributed by atoms with Gasteiger partial charge >= 0.3 is 0 Å². The molecule has 4 heterocycles. The van der Waals surface area contributed by atoms with Gasteiger partial charge in [-0.1, -0.05) is 23.7 Å². The van der Waals surface area contributed by atoms with Crippen LogP contribution in [0.5, 0.6) is 0 Å². The minimum absolute atomic E-state index is 0.00890. The summed E-state index contributed by atoms with van der Waals surface area (Å²) in [5, 5.41) is 2.79. The van der Waals surface area contributed by atoms with Gasteiger partial charge in [-0.2, -0.15) is 0 Å². The van der Waals surface area contributed by atoms with Crippen LogP contribution >= 0.6 is 22.9 Å². The fourth-order valence-corrected chi connectivity index (χ4v) is 7.07. The topological polar surface area (TPSA) is 53.0 Å². The molecule has 2 amide bonds. The molecule has 0 saturated carbocycles. The van der Waals surface area contributed by atoms with Crippen LogP contribution in [-0.2, 0) is 23.3 Å². The number of nitrogens with zero attached hydrogens (tertiary/aromatic N) is 3. The van der Waals surface area contributed by atoms with Gasteiger partial charge in [-0.05, 0) is 66.0 Å². The number of halogens is 1. The van der Waals surface area contributed by atoms with E-state index in [4.69, 9.17) is 11.6 Å². The maximum absolute atomic E-state index is 14.1. The van der Waals surface area contributed by atoms with E-state index in [0.29, 0.717) is 24.7 Å². The number of carbonyl (C=O) groups is 2. The lowest BCUT2D eigenvalue weighted by molar-refractivity contribution is -0.129. The van der Waals surface area contributed by atoms with E-state index in [2.05, 4.69) is 10.4 Å². The molecule has 0 spiro atoms. The highest BCUT2D eigenvalue weighted by Crippen LogP contribution is 2.53. The first-order valence-corrected chi connectivity index (χ1v) is 12.1. The summed E-state index contributed by atoms with van der Waals surface area (Å²) in [5.41, 5.74) is 3.35. The Morgan fingerprint density at radius 1 is 1.16 bits per heavy atom. The van der Waals surface area contributed by atoms with Crippen molar-refractivity contribution in [3.8, 4) is 0 Å². The quantitative estimate of drug-likeness (QED) is 0.691. The number of aryl methyl sites for hydroxylation is 1. The zero-order valence-electron chi connectivity index (χ0n) is 17.0. The van der Waals surface area contributed by atoms with Crippen LogP contribution in [0.15, 0.2) is 46.3 Å². The van der Waals surface area contributed by atoms with Gasteiger partial charge in [0.25, 0.3) is 11.8 Å². The summed E-state index contributed by atoms with van der Waals surface area (Å²) in [6.45, 7) is 1.53. The van der Waals surface area contributed by atoms with E-state index in [1.807, 2.05) is 40.1 Å². The van der Waals surface area contributed by atoms with Gasteiger partial charge in [0.15, 0.2) is 5.66 Å². The monoisotopic (exact) mass is 451 g/mol. The Bertz CT molecular complexity index is 1150. The van der Waals surface area contributed by atoms with E-state index in [1.165, 1.54) is 17.5 Å². The molecule has 2 aromatic rings. The minimum Gasteiger partial charge on any atom is -0.309 e. The van der Waals surface area contributed by atoms with Crippen molar-refractivity contribution in [2.75, 3.05) is 19.6 Å². The fraction of sp³-hybridized carbons (Fsp3) is 0.375. The number of fused-ring (bicyclic) bond motifs is 4. The van der Waals surface area contributed by atoms with Crippen LogP contribution in [0, 0.1) is 5.92 Å². The predicted molar refractivity (Wildman–Crippen MR) is 122 cm³/mol. The molecule has 1 aliphatic carbocycles. The zero-order chi connectivity index (χ0) is 21.2. The lowest BCUT2D eigenvalue weighted by atomic mass is 9.82. The maximum atomic E-state index is 14.1. The number of dihydropyridines is 1. The minimum atomic E-state index is -0.853. The normalized spacial score (nSPS) is 26.5. The van der Waals surface area contributed by atoms with Crippen molar-refractivity contribution in [2.45, 2.75) is 31.3 Å². The number of carbonyl (C=O) groups excluding carboxylic acids is 2. The van der Waals surface area contributed by atoms with E-state index in [0.717, 1.165) is 35.3 Å². The van der Waals surface area contributed by atoms with Crippen molar-refractivity contribution in [3.05, 3.63) is 67.9 Å². The van der Waals surface area contributed by atoms with Crippen LogP contribution in [0.1, 0.15) is 39.2 Å². The molecule has 31 heavy (non-hydrogen) atoms. The first-order chi connectivity index (χ1) is 15.1. The zero-order valence-corrected chi connectivity index (χ0v) is 18.6. The van der Waals surface area contributed by atoms with Crippen molar-refractivity contribution in [1.29, 1.82) is 0 Å². The molecule has 5 nitrogen and oxygen atoms in total. The SMILES string of the molecule is O=C1C2=CC=NCC2C2(c3ccc(Cl)cc3)N1CCN2C(=O)c1scc2c1CCCC2. The second kappa shape index (κ2) is 7.04. The standard InChI is InChI=1S/C24H22ClN3O2S/c25-17-7-5-16(6-8-17)24-20-13-26-10-9-19(20)22(29)27(24)11-12-28(24)23(30)21-18-4-2-1-3-15(18)14-31-21/h5-10,14,20H,1-4,11-13H2. The predicted octanol–water partition coefficient (Wildman–Crippen LogP) is 4.06. The van der Waals surface area contributed by atoms with Gasteiger partial charge in [-0.15, -0.1) is 11.3 Å². The number of benzene rings is 1. The van der Waals surface area contributed by atoms with Crippen LogP contribution in [0.25, 0.3) is 0 Å². The highest BCUT2D eigenvalue weighted by atomic mass is 35.5. The average Bonchev–Trinajstić information content (AvgIpc) is 3.47. The highest BCUT2D eigenvalue weighted by Gasteiger charge is 2.64. The third-order valence-electron chi connectivity index (χ3n) is 7.18. The van der Waals surface area contributed by atoms with Crippen molar-refractivity contribution in [3.63, 3.8) is 0 Å². The van der Waals surface area contributed by atoms with E-state index >= 15 is 0 Å². The summed E-state index contributed by atoms with van der Waals surface area (Å²) in [5.74, 6) is -0.141. The Morgan fingerprint density at radius 2 is 1.97 bits per heavy atom. The molecule has 1 aromatic carbocycles. The van der Waals surface area contributed by atoms with E-state index in [-0.39, 0.29) is 17.7 Å². The van der Waals surface area contributed by atoms with Gasteiger partial charge in [0.2, 0.25) is 0 Å². The number of allylic oxidation sites excluding steroid dienone is 1. The first-order valence-electron chi connectivity index (χ1n) is 10.8. The number of aliphatic imine (C=N–C) groups is 1. The Hall–Kier alpha value is -2.44. The molecule has 2 fully saturated rings. The largest absolute Gasteiger partial charge is 0.309 e. The summed E-state index contributed by atoms with van der Waals surface area (Å²) in [6.07, 6.45) is 7.86. The third-order valence-corrected chi connectivity index (χ3v) is 8.49. The Labute approximate surface area is 190 Å². The lowest BCUT2D eigenvalue weighted by Crippen LogP contribution is -2.54. The second-order valence-electron chi connectivity index (χ2n) is 8.61. The van der Waals surface area contributed by atoms with Gasteiger partial charge in [0.1, 0.15) is 0 Å². The first kappa shape index (κ1) is 19.3. The summed E-state index contributed by atoms with van der Waals surface area (Å²) < 4.78 is 0. The molecule has 0 N–H and O–H groups in total. The number of thiophene rings is 1. The molecule has 2 atom stereocenters. The van der Waals surface area contributed by atoms with Gasteiger partial charge in [-0.3, -0.25) is 14.6 Å². The van der Waals surface area contributed by atoms with Crippen LogP contribution in [0.4, 0.5) is 0 Å². The molecule has 7 heteroatoms. The molecule has 2 unspecified atom stereocenters. The molecule has 6 rings (SSSR count). The van der Waals surface area contributed by atoms with Gasteiger partial charge in [-0.25, -0.2) is 0 Å². The summed E-state index contributed by atoms with van der Waals surface area (Å²) in [7, 11) is 0. The Balaban J connectivity index is 1.52. The average molecular weight is 452 g/mol. The van der Waals surface area contributed by atoms with Crippen molar-refractivity contribution >= 4 is 41.0 Å². The Kier molecular flexibility index (Phi) is 4.37. The summed E-state index contributed by atoms with van der Waals surface area (Å²) in [4.78, 5) is 36.6.